The quantitative estimate of drug-likeness (QED) is 0.775. The van der Waals surface area contributed by atoms with E-state index in [0.29, 0.717) is 5.78 Å². The Hall–Kier alpha value is -1.02. The number of rotatable bonds is 2. The molecule has 88 valence electrons. The molecule has 0 bridgehead atoms. The van der Waals surface area contributed by atoms with Crippen LogP contribution in [0.1, 0.15) is 32.1 Å². The molecular formula is C15H16OS. The Balaban J connectivity index is 1.76. The molecule has 17 heavy (non-hydrogen) atoms. The number of hydrogen-bond donors (Lipinski definition) is 0. The normalized spacial score (nSPS) is 22.1. The van der Waals surface area contributed by atoms with E-state index in [1.165, 1.54) is 17.7 Å². The Kier molecular flexibility index (Phi) is 2.83. The summed E-state index contributed by atoms with van der Waals surface area (Å²) in [4.78, 5) is 14.6. The fourth-order valence-corrected chi connectivity index (χ4v) is 3.94. The van der Waals surface area contributed by atoms with E-state index in [2.05, 4.69) is 18.2 Å². The van der Waals surface area contributed by atoms with Crippen molar-refractivity contribution in [2.24, 2.45) is 5.41 Å². The Morgan fingerprint density at radius 2 is 1.76 bits per heavy atom. The highest BCUT2D eigenvalue weighted by Crippen LogP contribution is 2.50. The highest BCUT2D eigenvalue weighted by atomic mass is 32.2. The van der Waals surface area contributed by atoms with Gasteiger partial charge < -0.3 is 0 Å². The van der Waals surface area contributed by atoms with Crippen molar-refractivity contribution in [1.82, 2.24) is 0 Å². The topological polar surface area (TPSA) is 17.1 Å². The number of hydrogen-bond acceptors (Lipinski definition) is 2. The zero-order valence-electron chi connectivity index (χ0n) is 9.82. The summed E-state index contributed by atoms with van der Waals surface area (Å²) in [6.45, 7) is 0. The van der Waals surface area contributed by atoms with Crippen molar-refractivity contribution in [3.8, 4) is 0 Å². The average molecular weight is 244 g/mol. The minimum atomic E-state index is -0.00286. The van der Waals surface area contributed by atoms with Crippen molar-refractivity contribution in [2.45, 2.75) is 37.0 Å². The van der Waals surface area contributed by atoms with Gasteiger partial charge in [0.1, 0.15) is 0 Å². The van der Waals surface area contributed by atoms with Crippen LogP contribution in [0.2, 0.25) is 0 Å². The Morgan fingerprint density at radius 1 is 1.06 bits per heavy atom. The molecule has 0 atom stereocenters. The average Bonchev–Trinajstić information content (AvgIpc) is 2.95. The largest absolute Gasteiger partial charge is 0.293 e. The van der Waals surface area contributed by atoms with Gasteiger partial charge in [0.05, 0.1) is 4.91 Å². The van der Waals surface area contributed by atoms with Crippen LogP contribution in [0.15, 0.2) is 46.2 Å². The van der Waals surface area contributed by atoms with E-state index in [0.717, 1.165) is 24.2 Å². The second kappa shape index (κ2) is 4.34. The first-order valence-corrected chi connectivity index (χ1v) is 7.10. The maximum absolute atomic E-state index is 12.4. The van der Waals surface area contributed by atoms with E-state index >= 15 is 0 Å². The van der Waals surface area contributed by atoms with Crippen molar-refractivity contribution in [3.63, 3.8) is 0 Å². The molecule has 0 N–H and O–H groups in total. The van der Waals surface area contributed by atoms with Crippen LogP contribution >= 0.6 is 11.8 Å². The zero-order chi connectivity index (χ0) is 11.7. The predicted octanol–water partition coefficient (Wildman–Crippen LogP) is 4.20. The first-order valence-electron chi connectivity index (χ1n) is 6.28. The summed E-state index contributed by atoms with van der Waals surface area (Å²) in [7, 11) is 0. The molecule has 2 aliphatic carbocycles. The lowest BCUT2D eigenvalue weighted by Gasteiger charge is -2.20. The smallest absolute Gasteiger partial charge is 0.175 e. The van der Waals surface area contributed by atoms with Gasteiger partial charge in [-0.3, -0.25) is 4.79 Å². The molecule has 0 saturated heterocycles. The first kappa shape index (κ1) is 11.1. The minimum absolute atomic E-state index is 0.00286. The summed E-state index contributed by atoms with van der Waals surface area (Å²) in [5, 5.41) is 0. The van der Waals surface area contributed by atoms with Crippen LogP contribution < -0.4 is 0 Å². The summed E-state index contributed by atoms with van der Waals surface area (Å²) in [5.74, 6) is 0.406. The van der Waals surface area contributed by atoms with Crippen LogP contribution in [0.3, 0.4) is 0 Å². The van der Waals surface area contributed by atoms with Crippen molar-refractivity contribution in [2.75, 3.05) is 0 Å². The lowest BCUT2D eigenvalue weighted by Crippen LogP contribution is -2.23. The number of benzene rings is 1. The van der Waals surface area contributed by atoms with Crippen molar-refractivity contribution >= 4 is 17.5 Å². The Morgan fingerprint density at radius 3 is 2.47 bits per heavy atom. The van der Waals surface area contributed by atoms with E-state index in [9.17, 15) is 4.79 Å². The third-order valence-electron chi connectivity index (χ3n) is 3.92. The van der Waals surface area contributed by atoms with E-state index < -0.39 is 0 Å². The molecule has 0 heterocycles. The zero-order valence-corrected chi connectivity index (χ0v) is 10.6. The van der Waals surface area contributed by atoms with Crippen LogP contribution in [-0.2, 0) is 4.79 Å². The summed E-state index contributed by atoms with van der Waals surface area (Å²) in [5.41, 5.74) is -0.00286. The lowest BCUT2D eigenvalue weighted by atomic mass is 9.83. The predicted molar refractivity (Wildman–Crippen MR) is 70.9 cm³/mol. The minimum Gasteiger partial charge on any atom is -0.293 e. The molecule has 1 saturated carbocycles. The van der Waals surface area contributed by atoms with Crippen LogP contribution in [-0.4, -0.2) is 5.78 Å². The van der Waals surface area contributed by atoms with Gasteiger partial charge in [-0.05, 0) is 31.4 Å². The molecular weight excluding hydrogens is 228 g/mol. The standard InChI is InChI=1S/C15H16OS/c16-14-13(17-12-6-2-1-3-7-12)8-11-15(14)9-4-5-10-15/h1-3,6-8H,4-5,9-11H2. The van der Waals surface area contributed by atoms with Gasteiger partial charge in [0.15, 0.2) is 5.78 Å². The van der Waals surface area contributed by atoms with Gasteiger partial charge in [-0.2, -0.15) is 0 Å². The highest BCUT2D eigenvalue weighted by molar-refractivity contribution is 8.04. The molecule has 0 amide bonds. The summed E-state index contributed by atoms with van der Waals surface area (Å²) < 4.78 is 0. The number of Topliss-reactive ketones (excluding diaryl/α,β-unsaturated/α-hetero) is 1. The van der Waals surface area contributed by atoms with Crippen LogP contribution in [0.4, 0.5) is 0 Å². The van der Waals surface area contributed by atoms with Gasteiger partial charge in [0.25, 0.3) is 0 Å². The molecule has 3 rings (SSSR count). The van der Waals surface area contributed by atoms with Crippen LogP contribution in [0.5, 0.6) is 0 Å². The highest BCUT2D eigenvalue weighted by Gasteiger charge is 2.45. The number of ketones is 1. The monoisotopic (exact) mass is 244 g/mol. The van der Waals surface area contributed by atoms with Gasteiger partial charge in [-0.25, -0.2) is 0 Å². The van der Waals surface area contributed by atoms with E-state index in [4.69, 9.17) is 0 Å². The molecule has 0 unspecified atom stereocenters. The first-order chi connectivity index (χ1) is 8.30. The molecule has 1 fully saturated rings. The molecule has 2 heteroatoms. The fourth-order valence-electron chi connectivity index (χ4n) is 2.92. The van der Waals surface area contributed by atoms with Gasteiger partial charge in [0, 0.05) is 10.3 Å². The maximum Gasteiger partial charge on any atom is 0.175 e. The number of allylic oxidation sites excluding steroid dienone is 2. The van der Waals surface area contributed by atoms with Crippen LogP contribution in [0.25, 0.3) is 0 Å². The fraction of sp³-hybridized carbons (Fsp3) is 0.400. The molecule has 1 aromatic carbocycles. The second-order valence-corrected chi connectivity index (χ2v) is 6.12. The van der Waals surface area contributed by atoms with Gasteiger partial charge in [0.2, 0.25) is 0 Å². The summed E-state index contributed by atoms with van der Waals surface area (Å²) in [6, 6.07) is 10.2. The molecule has 0 aromatic heterocycles. The number of carbonyl (C=O) groups is 1. The Labute approximate surface area is 106 Å². The third-order valence-corrected chi connectivity index (χ3v) is 5.00. The van der Waals surface area contributed by atoms with Crippen molar-refractivity contribution < 1.29 is 4.79 Å². The van der Waals surface area contributed by atoms with Gasteiger partial charge in [-0.15, -0.1) is 0 Å². The molecule has 1 aromatic rings. The van der Waals surface area contributed by atoms with Crippen LogP contribution in [0, 0.1) is 5.41 Å². The lowest BCUT2D eigenvalue weighted by molar-refractivity contribution is -0.122. The second-order valence-electron chi connectivity index (χ2n) is 5.00. The number of thioether (sulfide) groups is 1. The third kappa shape index (κ3) is 1.95. The molecule has 0 radical (unpaired) electrons. The summed E-state index contributed by atoms with van der Waals surface area (Å²) in [6.07, 6.45) is 7.78. The van der Waals surface area contributed by atoms with Crippen molar-refractivity contribution in [1.29, 1.82) is 0 Å². The molecule has 1 spiro atoms. The van der Waals surface area contributed by atoms with E-state index in [1.807, 2.05) is 18.2 Å². The van der Waals surface area contributed by atoms with Gasteiger partial charge >= 0.3 is 0 Å². The molecule has 1 nitrogen and oxygen atoms in total. The van der Waals surface area contributed by atoms with Crippen molar-refractivity contribution in [3.05, 3.63) is 41.3 Å². The van der Waals surface area contributed by atoms with E-state index in [-0.39, 0.29) is 5.41 Å². The number of carbonyl (C=O) groups excluding carboxylic acids is 1. The van der Waals surface area contributed by atoms with E-state index in [1.54, 1.807) is 11.8 Å². The molecule has 2 aliphatic rings. The maximum atomic E-state index is 12.4. The summed E-state index contributed by atoms with van der Waals surface area (Å²) >= 11 is 1.63. The molecule has 0 aliphatic heterocycles. The SMILES string of the molecule is O=C1C(Sc2ccccc2)=CCC12CCCC2. The van der Waals surface area contributed by atoms with Gasteiger partial charge in [-0.1, -0.05) is 48.9 Å². The Bertz CT molecular complexity index is 455.